The Morgan fingerprint density at radius 3 is 2.68 bits per heavy atom. The van der Waals surface area contributed by atoms with Crippen LogP contribution >= 0.6 is 23.4 Å². The molecule has 2 atom stereocenters. The number of aliphatic hydroxyl groups is 1. The molecule has 1 aromatic rings. The average Bonchev–Trinajstić information content (AvgIpc) is 2.78. The topological polar surface area (TPSA) is 68.1 Å². The fraction of sp³-hybridized carbons (Fsp3) is 0.583. The Kier molecular flexibility index (Phi) is 8.87. The summed E-state index contributed by atoms with van der Waals surface area (Å²) in [5, 5.41) is 16.6. The highest BCUT2D eigenvalue weighted by atomic mass is 35.5. The molecule has 5 nitrogen and oxygen atoms in total. The van der Waals surface area contributed by atoms with E-state index in [1.807, 2.05) is 6.92 Å². The van der Waals surface area contributed by atoms with Crippen molar-refractivity contribution in [1.29, 1.82) is 0 Å². The van der Waals surface area contributed by atoms with Gasteiger partial charge in [0, 0.05) is 41.2 Å². The third kappa shape index (κ3) is 6.27. The lowest BCUT2D eigenvalue weighted by molar-refractivity contribution is -0.116. The van der Waals surface area contributed by atoms with Gasteiger partial charge in [-0.15, -0.1) is 0 Å². The summed E-state index contributed by atoms with van der Waals surface area (Å²) in [5.74, 6) is 2.40. The second-order valence-corrected chi connectivity index (χ2v) is 9.66. The molecule has 0 spiro atoms. The number of halogens is 1. The fourth-order valence-electron chi connectivity index (χ4n) is 4.02. The first-order valence-electron chi connectivity index (χ1n) is 11.2. The Labute approximate surface area is 194 Å². The van der Waals surface area contributed by atoms with Crippen LogP contribution in [0.4, 0.5) is 0 Å². The Morgan fingerprint density at radius 2 is 2.03 bits per heavy atom. The van der Waals surface area contributed by atoms with Gasteiger partial charge in [-0.2, -0.15) is 11.8 Å². The molecule has 0 radical (unpaired) electrons. The van der Waals surface area contributed by atoms with E-state index >= 15 is 0 Å². The number of rotatable bonds is 9. The van der Waals surface area contributed by atoms with Crippen molar-refractivity contribution in [2.24, 2.45) is 5.16 Å². The molecule has 7 heteroatoms. The van der Waals surface area contributed by atoms with E-state index in [1.165, 1.54) is 0 Å². The first-order valence-corrected chi connectivity index (χ1v) is 12.7. The number of hydrogen-bond donors (Lipinski definition) is 1. The number of allylic oxidation sites excluding steroid dienone is 1. The molecule has 0 saturated carbocycles. The van der Waals surface area contributed by atoms with Gasteiger partial charge in [-0.25, -0.2) is 0 Å². The third-order valence-electron chi connectivity index (χ3n) is 5.68. The fourth-order valence-corrected chi connectivity index (χ4v) is 5.27. The van der Waals surface area contributed by atoms with Crippen LogP contribution in [-0.4, -0.2) is 40.0 Å². The van der Waals surface area contributed by atoms with Crippen LogP contribution in [0.15, 0.2) is 40.6 Å². The maximum atomic E-state index is 12.8. The third-order valence-corrected chi connectivity index (χ3v) is 7.19. The van der Waals surface area contributed by atoms with Gasteiger partial charge in [0.05, 0.1) is 5.71 Å². The second-order valence-electron chi connectivity index (χ2n) is 8.12. The zero-order valence-electron chi connectivity index (χ0n) is 18.4. The predicted octanol–water partition coefficient (Wildman–Crippen LogP) is 5.94. The number of unbranched alkanes of at least 4 members (excludes halogenated alkanes) is 1. The average molecular weight is 466 g/mol. The van der Waals surface area contributed by atoms with Crippen LogP contribution in [0, 0.1) is 0 Å². The number of ketones is 1. The number of nitrogens with zero attached hydrogens (tertiary/aromatic N) is 1. The molecule has 1 aromatic carbocycles. The SMILES string of the molecule is CCCCC1=C(C2(O)CCCSC2)/C(=N/OC(CC)Oc2ccc(Cl)cc2)CCC1=O. The molecule has 3 rings (SSSR count). The quantitative estimate of drug-likeness (QED) is 0.361. The molecular weight excluding hydrogens is 434 g/mol. The number of hydrogen-bond acceptors (Lipinski definition) is 6. The summed E-state index contributed by atoms with van der Waals surface area (Å²) in [6.45, 7) is 4.07. The summed E-state index contributed by atoms with van der Waals surface area (Å²) in [4.78, 5) is 18.6. The lowest BCUT2D eigenvalue weighted by Gasteiger charge is -2.37. The van der Waals surface area contributed by atoms with Crippen molar-refractivity contribution in [3.63, 3.8) is 0 Å². The minimum absolute atomic E-state index is 0.135. The van der Waals surface area contributed by atoms with Crippen LogP contribution in [0.5, 0.6) is 5.75 Å². The molecule has 2 unspecified atom stereocenters. The first kappa shape index (κ1) is 24.1. The molecule has 1 heterocycles. The van der Waals surface area contributed by atoms with Crippen LogP contribution in [0.3, 0.4) is 0 Å². The molecule has 1 aliphatic heterocycles. The normalized spacial score (nSPS) is 24.4. The maximum absolute atomic E-state index is 12.8. The molecule has 1 saturated heterocycles. The number of ether oxygens (including phenoxy) is 1. The minimum Gasteiger partial charge on any atom is -0.453 e. The number of benzene rings is 1. The van der Waals surface area contributed by atoms with E-state index in [4.69, 9.17) is 21.2 Å². The van der Waals surface area contributed by atoms with Gasteiger partial charge in [0.15, 0.2) is 5.78 Å². The largest absolute Gasteiger partial charge is 0.453 e. The number of carbonyl (C=O) groups excluding carboxylic acids is 1. The van der Waals surface area contributed by atoms with Crippen molar-refractivity contribution in [2.75, 3.05) is 11.5 Å². The number of oxime groups is 1. The highest BCUT2D eigenvalue weighted by Gasteiger charge is 2.41. The van der Waals surface area contributed by atoms with Gasteiger partial charge in [-0.3, -0.25) is 4.79 Å². The highest BCUT2D eigenvalue weighted by molar-refractivity contribution is 7.99. The Bertz CT molecular complexity index is 815. The Hall–Kier alpha value is -1.50. The number of Topliss-reactive ketones (excluding diaryl/α,β-unsaturated/α-hetero) is 1. The highest BCUT2D eigenvalue weighted by Crippen LogP contribution is 2.39. The molecule has 0 amide bonds. The van der Waals surface area contributed by atoms with Crippen molar-refractivity contribution in [2.45, 2.75) is 77.1 Å². The molecule has 0 bridgehead atoms. The van der Waals surface area contributed by atoms with Gasteiger partial charge in [0.25, 0.3) is 6.29 Å². The van der Waals surface area contributed by atoms with Gasteiger partial charge in [-0.05, 0) is 55.7 Å². The van der Waals surface area contributed by atoms with E-state index in [0.717, 1.165) is 30.6 Å². The molecular formula is C24H32ClNO4S. The van der Waals surface area contributed by atoms with Gasteiger partial charge in [-0.1, -0.05) is 37.0 Å². The smallest absolute Gasteiger partial charge is 0.265 e. The lowest BCUT2D eigenvalue weighted by atomic mass is 9.76. The van der Waals surface area contributed by atoms with E-state index in [1.54, 1.807) is 36.0 Å². The number of carbonyl (C=O) groups is 1. The molecule has 170 valence electrons. The molecule has 1 aliphatic carbocycles. The van der Waals surface area contributed by atoms with Crippen LogP contribution in [0.25, 0.3) is 0 Å². The zero-order valence-corrected chi connectivity index (χ0v) is 19.9. The molecule has 1 fully saturated rings. The Balaban J connectivity index is 1.86. The van der Waals surface area contributed by atoms with E-state index in [0.29, 0.717) is 59.9 Å². The first-order chi connectivity index (χ1) is 15.0. The molecule has 31 heavy (non-hydrogen) atoms. The lowest BCUT2D eigenvalue weighted by Crippen LogP contribution is -2.43. The van der Waals surface area contributed by atoms with E-state index in [-0.39, 0.29) is 5.78 Å². The van der Waals surface area contributed by atoms with E-state index < -0.39 is 11.9 Å². The summed E-state index contributed by atoms with van der Waals surface area (Å²) < 4.78 is 5.89. The monoisotopic (exact) mass is 465 g/mol. The van der Waals surface area contributed by atoms with Crippen molar-refractivity contribution in [3.8, 4) is 5.75 Å². The summed E-state index contributed by atoms with van der Waals surface area (Å²) >= 11 is 7.67. The van der Waals surface area contributed by atoms with Crippen LogP contribution in [0.1, 0.15) is 65.2 Å². The maximum Gasteiger partial charge on any atom is 0.265 e. The zero-order chi connectivity index (χ0) is 22.3. The summed E-state index contributed by atoms with van der Waals surface area (Å²) in [6.07, 6.45) is 5.07. The minimum atomic E-state index is -1.02. The molecule has 1 N–H and O–H groups in total. The predicted molar refractivity (Wildman–Crippen MR) is 127 cm³/mol. The standard InChI is InChI=1S/C24H32ClNO4S/c1-3-5-7-19-21(27)13-12-20(23(19)24(28)14-6-15-31-16-24)26-30-22(4-2)29-18-10-8-17(25)9-11-18/h8-11,22,28H,3-7,12-16H2,1-2H3/b26-20+. The number of thioether (sulfide) groups is 1. The van der Waals surface area contributed by atoms with Crippen LogP contribution in [-0.2, 0) is 9.63 Å². The molecule has 0 aromatic heterocycles. The summed E-state index contributed by atoms with van der Waals surface area (Å²) in [7, 11) is 0. The van der Waals surface area contributed by atoms with Crippen LogP contribution < -0.4 is 4.74 Å². The second kappa shape index (κ2) is 11.4. The summed E-state index contributed by atoms with van der Waals surface area (Å²) in [5.41, 5.74) is 1.12. The van der Waals surface area contributed by atoms with Gasteiger partial charge in [0.2, 0.25) is 0 Å². The van der Waals surface area contributed by atoms with E-state index in [2.05, 4.69) is 12.1 Å². The van der Waals surface area contributed by atoms with Crippen molar-refractivity contribution in [3.05, 3.63) is 40.4 Å². The van der Waals surface area contributed by atoms with E-state index in [9.17, 15) is 9.90 Å². The van der Waals surface area contributed by atoms with Gasteiger partial charge >= 0.3 is 0 Å². The van der Waals surface area contributed by atoms with Crippen LogP contribution in [0.2, 0.25) is 5.02 Å². The van der Waals surface area contributed by atoms with Crippen molar-refractivity contribution >= 4 is 34.9 Å². The van der Waals surface area contributed by atoms with Gasteiger partial charge < -0.3 is 14.7 Å². The Morgan fingerprint density at radius 1 is 1.26 bits per heavy atom. The molecule has 2 aliphatic rings. The van der Waals surface area contributed by atoms with Gasteiger partial charge in [0.1, 0.15) is 11.4 Å². The summed E-state index contributed by atoms with van der Waals surface area (Å²) in [6, 6.07) is 7.10. The van der Waals surface area contributed by atoms with Crippen molar-refractivity contribution < 1.29 is 19.5 Å². The van der Waals surface area contributed by atoms with Crippen molar-refractivity contribution in [1.82, 2.24) is 0 Å².